The van der Waals surface area contributed by atoms with Gasteiger partial charge < -0.3 is 4.43 Å². The van der Waals surface area contributed by atoms with Crippen molar-refractivity contribution in [3.8, 4) is 5.82 Å². The Bertz CT molecular complexity index is 944. The maximum Gasteiger partial charge on any atom is 0.192 e. The monoisotopic (exact) mass is 431 g/mol. The lowest BCUT2D eigenvalue weighted by molar-refractivity contribution is 0.272. The Morgan fingerprint density at radius 2 is 1.92 bits per heavy atom. The predicted molar refractivity (Wildman–Crippen MR) is 113 cm³/mol. The fourth-order valence-corrected chi connectivity index (χ4v) is 4.14. The standard InChI is InChI=1S/C20H26BrN3OSi/c1-14-10-17(21)16-12-22-24(18(16)11-14)19-9-7-8-15(23-19)13-25-26(5,6)20(2,3)4/h7-12H,13H2,1-6H3. The molecule has 3 aromatic rings. The van der Waals surface area contributed by atoms with Crippen LogP contribution in [0.4, 0.5) is 0 Å². The van der Waals surface area contributed by atoms with Gasteiger partial charge in [0, 0.05) is 9.86 Å². The number of aryl methyl sites for hydroxylation is 1. The van der Waals surface area contributed by atoms with Crippen LogP contribution in [-0.4, -0.2) is 23.1 Å². The Kier molecular flexibility index (Phi) is 5.12. The highest BCUT2D eigenvalue weighted by atomic mass is 79.9. The van der Waals surface area contributed by atoms with Crippen molar-refractivity contribution >= 4 is 35.2 Å². The smallest absolute Gasteiger partial charge is 0.192 e. The second kappa shape index (κ2) is 6.91. The summed E-state index contributed by atoms with van der Waals surface area (Å²) >= 11 is 3.62. The largest absolute Gasteiger partial charge is 0.411 e. The average Bonchev–Trinajstić information content (AvgIpc) is 2.96. The summed E-state index contributed by atoms with van der Waals surface area (Å²) in [6, 6.07) is 10.3. The molecule has 1 aromatic carbocycles. The number of rotatable bonds is 4. The molecule has 2 aromatic heterocycles. The first-order chi connectivity index (χ1) is 12.1. The number of hydrogen-bond acceptors (Lipinski definition) is 3. The van der Waals surface area contributed by atoms with Gasteiger partial charge in [0.2, 0.25) is 0 Å². The number of nitrogens with zero attached hydrogens (tertiary/aromatic N) is 3. The maximum atomic E-state index is 6.32. The third-order valence-corrected chi connectivity index (χ3v) is 10.3. The molecule has 3 rings (SSSR count). The number of halogens is 1. The van der Waals surface area contributed by atoms with Crippen LogP contribution in [0.15, 0.2) is 41.0 Å². The SMILES string of the molecule is Cc1cc(Br)c2cnn(-c3cccc(CO[Si](C)(C)C(C)(C)C)n3)c2c1. The molecule has 0 aliphatic rings. The van der Waals surface area contributed by atoms with Crippen LogP contribution in [0.2, 0.25) is 18.1 Å². The summed E-state index contributed by atoms with van der Waals surface area (Å²) in [5.74, 6) is 0.814. The second-order valence-corrected chi connectivity index (χ2v) is 13.9. The Morgan fingerprint density at radius 3 is 2.62 bits per heavy atom. The number of aromatic nitrogens is 3. The summed E-state index contributed by atoms with van der Waals surface area (Å²) in [5, 5.41) is 5.82. The van der Waals surface area contributed by atoms with Crippen molar-refractivity contribution in [3.63, 3.8) is 0 Å². The van der Waals surface area contributed by atoms with E-state index in [2.05, 4.69) is 74.0 Å². The van der Waals surface area contributed by atoms with E-state index in [0.29, 0.717) is 6.61 Å². The molecule has 0 unspecified atom stereocenters. The van der Waals surface area contributed by atoms with Crippen molar-refractivity contribution < 1.29 is 4.43 Å². The summed E-state index contributed by atoms with van der Waals surface area (Å²) in [6.07, 6.45) is 1.87. The highest BCUT2D eigenvalue weighted by Gasteiger charge is 2.37. The minimum atomic E-state index is -1.80. The first-order valence-corrected chi connectivity index (χ1v) is 12.5. The molecular weight excluding hydrogens is 406 g/mol. The summed E-state index contributed by atoms with van der Waals surface area (Å²) in [6.45, 7) is 13.9. The van der Waals surface area contributed by atoms with Crippen LogP contribution in [0.1, 0.15) is 32.0 Å². The molecule has 0 spiro atoms. The van der Waals surface area contributed by atoms with Gasteiger partial charge in [0.15, 0.2) is 14.1 Å². The van der Waals surface area contributed by atoms with Crippen molar-refractivity contribution in [1.29, 1.82) is 0 Å². The summed E-state index contributed by atoms with van der Waals surface area (Å²) in [7, 11) is -1.80. The van der Waals surface area contributed by atoms with Gasteiger partial charge in [0.25, 0.3) is 0 Å². The van der Waals surface area contributed by atoms with Gasteiger partial charge in [-0.25, -0.2) is 9.67 Å². The molecule has 0 amide bonds. The summed E-state index contributed by atoms with van der Waals surface area (Å²) < 4.78 is 9.26. The Labute approximate surface area is 164 Å². The Morgan fingerprint density at radius 1 is 1.19 bits per heavy atom. The van der Waals surface area contributed by atoms with Crippen LogP contribution >= 0.6 is 15.9 Å². The number of fused-ring (bicyclic) bond motifs is 1. The topological polar surface area (TPSA) is 39.9 Å². The fraction of sp³-hybridized carbons (Fsp3) is 0.400. The highest BCUT2D eigenvalue weighted by Crippen LogP contribution is 2.37. The molecule has 6 heteroatoms. The third kappa shape index (κ3) is 3.77. The van der Waals surface area contributed by atoms with Crippen molar-refractivity contribution in [2.45, 2.75) is 52.4 Å². The van der Waals surface area contributed by atoms with Gasteiger partial charge in [-0.2, -0.15) is 5.10 Å². The van der Waals surface area contributed by atoms with Gasteiger partial charge in [-0.1, -0.05) is 42.8 Å². The van der Waals surface area contributed by atoms with Crippen molar-refractivity contribution in [3.05, 3.63) is 52.3 Å². The minimum absolute atomic E-state index is 0.187. The highest BCUT2D eigenvalue weighted by molar-refractivity contribution is 9.10. The lowest BCUT2D eigenvalue weighted by Crippen LogP contribution is -2.40. The molecule has 138 valence electrons. The van der Waals surface area contributed by atoms with Crippen LogP contribution in [0.25, 0.3) is 16.7 Å². The van der Waals surface area contributed by atoms with Crippen LogP contribution in [0, 0.1) is 6.92 Å². The van der Waals surface area contributed by atoms with E-state index in [1.165, 1.54) is 5.56 Å². The minimum Gasteiger partial charge on any atom is -0.411 e. The molecule has 0 saturated heterocycles. The van der Waals surface area contributed by atoms with E-state index < -0.39 is 8.32 Å². The van der Waals surface area contributed by atoms with Gasteiger partial charge in [-0.15, -0.1) is 0 Å². The molecule has 0 atom stereocenters. The van der Waals surface area contributed by atoms with Gasteiger partial charge in [-0.05, 0) is 54.9 Å². The van der Waals surface area contributed by atoms with E-state index in [9.17, 15) is 0 Å². The molecular formula is C20H26BrN3OSi. The Balaban J connectivity index is 1.91. The molecule has 0 N–H and O–H groups in total. The molecule has 2 heterocycles. The van der Waals surface area contributed by atoms with Crippen LogP contribution in [-0.2, 0) is 11.0 Å². The normalized spacial score (nSPS) is 12.7. The van der Waals surface area contributed by atoms with Gasteiger partial charge in [0.1, 0.15) is 0 Å². The molecule has 26 heavy (non-hydrogen) atoms. The average molecular weight is 432 g/mol. The van der Waals surface area contributed by atoms with E-state index in [-0.39, 0.29) is 5.04 Å². The molecule has 0 radical (unpaired) electrons. The summed E-state index contributed by atoms with van der Waals surface area (Å²) in [4.78, 5) is 4.79. The lowest BCUT2D eigenvalue weighted by atomic mass is 10.2. The van der Waals surface area contributed by atoms with Gasteiger partial charge >= 0.3 is 0 Å². The van der Waals surface area contributed by atoms with Gasteiger partial charge in [0.05, 0.1) is 24.0 Å². The zero-order chi connectivity index (χ0) is 19.1. The van der Waals surface area contributed by atoms with Crippen molar-refractivity contribution in [1.82, 2.24) is 14.8 Å². The first kappa shape index (κ1) is 19.3. The quantitative estimate of drug-likeness (QED) is 0.474. The first-order valence-electron chi connectivity index (χ1n) is 8.83. The van der Waals surface area contributed by atoms with Crippen molar-refractivity contribution in [2.24, 2.45) is 0 Å². The molecule has 0 aliphatic heterocycles. The predicted octanol–water partition coefficient (Wildman–Crippen LogP) is 6.01. The maximum absolute atomic E-state index is 6.32. The molecule has 4 nitrogen and oxygen atoms in total. The molecule has 0 fully saturated rings. The number of hydrogen-bond donors (Lipinski definition) is 0. The lowest BCUT2D eigenvalue weighted by Gasteiger charge is -2.36. The zero-order valence-electron chi connectivity index (χ0n) is 16.3. The third-order valence-electron chi connectivity index (χ3n) is 5.18. The van der Waals surface area contributed by atoms with Crippen LogP contribution in [0.5, 0.6) is 0 Å². The van der Waals surface area contributed by atoms with E-state index >= 15 is 0 Å². The molecule has 0 aliphatic carbocycles. The fourth-order valence-electron chi connectivity index (χ4n) is 2.53. The number of benzene rings is 1. The van der Waals surface area contributed by atoms with E-state index in [4.69, 9.17) is 9.41 Å². The van der Waals surface area contributed by atoms with E-state index in [0.717, 1.165) is 26.9 Å². The molecule has 0 bridgehead atoms. The zero-order valence-corrected chi connectivity index (χ0v) is 18.9. The molecule has 0 saturated carbocycles. The second-order valence-electron chi connectivity index (χ2n) is 8.27. The number of pyridine rings is 1. The van der Waals surface area contributed by atoms with E-state index in [1.807, 2.05) is 29.1 Å². The van der Waals surface area contributed by atoms with Crippen LogP contribution in [0.3, 0.4) is 0 Å². The van der Waals surface area contributed by atoms with E-state index in [1.54, 1.807) is 0 Å². The summed E-state index contributed by atoms with van der Waals surface area (Å²) in [5.41, 5.74) is 3.16. The van der Waals surface area contributed by atoms with Gasteiger partial charge in [-0.3, -0.25) is 0 Å². The Hall–Kier alpha value is -1.50. The van der Waals surface area contributed by atoms with Crippen LogP contribution < -0.4 is 0 Å². The van der Waals surface area contributed by atoms with Crippen molar-refractivity contribution in [2.75, 3.05) is 0 Å².